The van der Waals surface area contributed by atoms with Gasteiger partial charge in [-0.2, -0.15) is 0 Å². The second-order valence-corrected chi connectivity index (χ2v) is 5.02. The van der Waals surface area contributed by atoms with Crippen molar-refractivity contribution in [1.29, 1.82) is 0 Å². The number of hydrogen-bond acceptors (Lipinski definition) is 3. The molecule has 1 rings (SSSR count). The molecular formula is C12H27N3. The first-order chi connectivity index (χ1) is 7.22. The van der Waals surface area contributed by atoms with E-state index in [4.69, 9.17) is 5.73 Å². The van der Waals surface area contributed by atoms with Gasteiger partial charge in [0.2, 0.25) is 0 Å². The second kappa shape index (κ2) is 7.20. The summed E-state index contributed by atoms with van der Waals surface area (Å²) in [5.74, 6) is 0.971. The average molecular weight is 213 g/mol. The van der Waals surface area contributed by atoms with Crippen molar-refractivity contribution < 1.29 is 0 Å². The standard InChI is InChI=1S/C12H27N3/c1-14(2)8-3-4-12-5-9-15(10-6-12)11-7-13/h12H,3-11,13H2,1-2H3. The minimum atomic E-state index is 0.811. The molecule has 1 aliphatic rings. The van der Waals surface area contributed by atoms with Gasteiger partial charge in [0.25, 0.3) is 0 Å². The molecule has 90 valence electrons. The highest BCUT2D eigenvalue weighted by molar-refractivity contribution is 4.72. The zero-order chi connectivity index (χ0) is 11.1. The molecule has 0 atom stereocenters. The monoisotopic (exact) mass is 213 g/mol. The lowest BCUT2D eigenvalue weighted by molar-refractivity contribution is 0.179. The number of nitrogens with two attached hydrogens (primary N) is 1. The Bertz CT molecular complexity index is 151. The Balaban J connectivity index is 2.04. The van der Waals surface area contributed by atoms with Gasteiger partial charge < -0.3 is 15.5 Å². The zero-order valence-electron chi connectivity index (χ0n) is 10.4. The van der Waals surface area contributed by atoms with Crippen LogP contribution in [0.1, 0.15) is 25.7 Å². The molecular weight excluding hydrogens is 186 g/mol. The van der Waals surface area contributed by atoms with Crippen molar-refractivity contribution in [3.05, 3.63) is 0 Å². The quantitative estimate of drug-likeness (QED) is 0.714. The highest BCUT2D eigenvalue weighted by Gasteiger charge is 2.17. The van der Waals surface area contributed by atoms with Gasteiger partial charge in [0.1, 0.15) is 0 Å². The smallest absolute Gasteiger partial charge is 0.0105 e. The van der Waals surface area contributed by atoms with E-state index in [1.807, 2.05) is 0 Å². The maximum atomic E-state index is 5.56. The summed E-state index contributed by atoms with van der Waals surface area (Å²) in [6.45, 7) is 5.67. The van der Waals surface area contributed by atoms with Crippen molar-refractivity contribution in [3.63, 3.8) is 0 Å². The van der Waals surface area contributed by atoms with Gasteiger partial charge in [0.05, 0.1) is 0 Å². The largest absolute Gasteiger partial charge is 0.329 e. The SMILES string of the molecule is CN(C)CCCC1CCN(CCN)CC1. The number of rotatable bonds is 6. The Morgan fingerprint density at radius 3 is 2.47 bits per heavy atom. The van der Waals surface area contributed by atoms with Gasteiger partial charge in [-0.3, -0.25) is 0 Å². The lowest BCUT2D eigenvalue weighted by Crippen LogP contribution is -2.37. The summed E-state index contributed by atoms with van der Waals surface area (Å²) in [6.07, 6.45) is 5.53. The Kier molecular flexibility index (Phi) is 6.22. The molecule has 1 saturated heterocycles. The molecule has 0 spiro atoms. The Labute approximate surface area is 94.6 Å². The fraction of sp³-hybridized carbons (Fsp3) is 1.00. The fourth-order valence-corrected chi connectivity index (χ4v) is 2.38. The van der Waals surface area contributed by atoms with E-state index in [0.29, 0.717) is 0 Å². The van der Waals surface area contributed by atoms with Crippen LogP contribution in [0.2, 0.25) is 0 Å². The number of nitrogens with zero attached hydrogens (tertiary/aromatic N) is 2. The van der Waals surface area contributed by atoms with Gasteiger partial charge in [-0.15, -0.1) is 0 Å². The number of hydrogen-bond donors (Lipinski definition) is 1. The van der Waals surface area contributed by atoms with Gasteiger partial charge in [-0.25, -0.2) is 0 Å². The van der Waals surface area contributed by atoms with Crippen LogP contribution in [0.15, 0.2) is 0 Å². The van der Waals surface area contributed by atoms with Crippen LogP contribution >= 0.6 is 0 Å². The molecule has 15 heavy (non-hydrogen) atoms. The molecule has 0 aromatic carbocycles. The first-order valence-corrected chi connectivity index (χ1v) is 6.29. The van der Waals surface area contributed by atoms with Gasteiger partial charge in [-0.1, -0.05) is 0 Å². The molecule has 1 heterocycles. The summed E-state index contributed by atoms with van der Waals surface area (Å²) in [5.41, 5.74) is 5.56. The van der Waals surface area contributed by atoms with E-state index in [9.17, 15) is 0 Å². The number of likely N-dealkylation sites (tertiary alicyclic amines) is 1. The molecule has 3 heteroatoms. The van der Waals surface area contributed by atoms with Crippen LogP contribution in [-0.4, -0.2) is 56.6 Å². The molecule has 3 nitrogen and oxygen atoms in total. The molecule has 0 bridgehead atoms. The maximum Gasteiger partial charge on any atom is 0.0105 e. The summed E-state index contributed by atoms with van der Waals surface area (Å²) < 4.78 is 0. The van der Waals surface area contributed by atoms with Crippen LogP contribution < -0.4 is 5.73 Å². The van der Waals surface area contributed by atoms with Crippen molar-refractivity contribution >= 4 is 0 Å². The Hall–Kier alpha value is -0.120. The van der Waals surface area contributed by atoms with E-state index in [0.717, 1.165) is 19.0 Å². The number of piperidine rings is 1. The summed E-state index contributed by atoms with van der Waals surface area (Å²) in [7, 11) is 4.31. The van der Waals surface area contributed by atoms with E-state index in [2.05, 4.69) is 23.9 Å². The summed E-state index contributed by atoms with van der Waals surface area (Å²) >= 11 is 0. The van der Waals surface area contributed by atoms with Gasteiger partial charge in [-0.05, 0) is 65.3 Å². The van der Waals surface area contributed by atoms with Gasteiger partial charge >= 0.3 is 0 Å². The van der Waals surface area contributed by atoms with E-state index in [1.54, 1.807) is 0 Å². The fourth-order valence-electron chi connectivity index (χ4n) is 2.38. The predicted octanol–water partition coefficient (Wildman–Crippen LogP) is 0.999. The highest BCUT2D eigenvalue weighted by Crippen LogP contribution is 2.21. The van der Waals surface area contributed by atoms with E-state index in [1.165, 1.54) is 45.3 Å². The Morgan fingerprint density at radius 1 is 1.27 bits per heavy atom. The molecule has 0 aromatic heterocycles. The zero-order valence-corrected chi connectivity index (χ0v) is 10.4. The molecule has 0 radical (unpaired) electrons. The molecule has 0 unspecified atom stereocenters. The third kappa shape index (κ3) is 5.50. The van der Waals surface area contributed by atoms with E-state index >= 15 is 0 Å². The molecule has 1 fully saturated rings. The minimum Gasteiger partial charge on any atom is -0.329 e. The summed E-state index contributed by atoms with van der Waals surface area (Å²) in [6, 6.07) is 0. The van der Waals surface area contributed by atoms with Crippen LogP contribution in [0.25, 0.3) is 0 Å². The summed E-state index contributed by atoms with van der Waals surface area (Å²) in [4.78, 5) is 4.78. The summed E-state index contributed by atoms with van der Waals surface area (Å²) in [5, 5.41) is 0. The van der Waals surface area contributed by atoms with Crippen molar-refractivity contribution in [1.82, 2.24) is 9.80 Å². The molecule has 2 N–H and O–H groups in total. The van der Waals surface area contributed by atoms with Crippen LogP contribution in [0, 0.1) is 5.92 Å². The molecule has 0 aromatic rings. The predicted molar refractivity (Wildman–Crippen MR) is 66.0 cm³/mol. The van der Waals surface area contributed by atoms with Crippen molar-refractivity contribution in [2.45, 2.75) is 25.7 Å². The lowest BCUT2D eigenvalue weighted by atomic mass is 9.92. The second-order valence-electron chi connectivity index (χ2n) is 5.02. The average Bonchev–Trinajstić information content (AvgIpc) is 2.20. The highest BCUT2D eigenvalue weighted by atomic mass is 15.1. The third-order valence-electron chi connectivity index (χ3n) is 3.37. The lowest BCUT2D eigenvalue weighted by Gasteiger charge is -2.31. The van der Waals surface area contributed by atoms with Gasteiger partial charge in [0.15, 0.2) is 0 Å². The first-order valence-electron chi connectivity index (χ1n) is 6.29. The van der Waals surface area contributed by atoms with Crippen LogP contribution in [0.5, 0.6) is 0 Å². The first kappa shape index (κ1) is 12.9. The maximum absolute atomic E-state index is 5.56. The molecule has 0 aliphatic carbocycles. The molecule has 1 aliphatic heterocycles. The normalized spacial score (nSPS) is 20.0. The van der Waals surface area contributed by atoms with Crippen molar-refractivity contribution in [3.8, 4) is 0 Å². The van der Waals surface area contributed by atoms with E-state index in [-0.39, 0.29) is 0 Å². The van der Waals surface area contributed by atoms with E-state index < -0.39 is 0 Å². The topological polar surface area (TPSA) is 32.5 Å². The van der Waals surface area contributed by atoms with Crippen LogP contribution in [0.4, 0.5) is 0 Å². The Morgan fingerprint density at radius 2 is 1.93 bits per heavy atom. The van der Waals surface area contributed by atoms with Crippen molar-refractivity contribution in [2.24, 2.45) is 11.7 Å². The van der Waals surface area contributed by atoms with Crippen LogP contribution in [-0.2, 0) is 0 Å². The molecule has 0 amide bonds. The molecule has 0 saturated carbocycles. The van der Waals surface area contributed by atoms with Crippen molar-refractivity contribution in [2.75, 3.05) is 46.8 Å². The minimum absolute atomic E-state index is 0.811. The third-order valence-corrected chi connectivity index (χ3v) is 3.37. The van der Waals surface area contributed by atoms with Gasteiger partial charge in [0, 0.05) is 13.1 Å². The van der Waals surface area contributed by atoms with Crippen LogP contribution in [0.3, 0.4) is 0 Å².